The number of rotatable bonds is 0. The van der Waals surface area contributed by atoms with Gasteiger partial charge >= 0.3 is 0 Å². The van der Waals surface area contributed by atoms with E-state index in [9.17, 15) is 9.59 Å². The Labute approximate surface area is 102 Å². The zero-order valence-electron chi connectivity index (χ0n) is 9.40. The average Bonchev–Trinajstić information content (AvgIpc) is 2.78. The van der Waals surface area contributed by atoms with Crippen molar-refractivity contribution in [3.63, 3.8) is 0 Å². The first-order valence-electron chi connectivity index (χ1n) is 5.23. The molecule has 0 unspecified atom stereocenters. The minimum Gasteiger partial charge on any atom is -0.289 e. The number of hydrogen-bond acceptors (Lipinski definition) is 4. The molecule has 1 aliphatic rings. The summed E-state index contributed by atoms with van der Waals surface area (Å²) >= 11 is 1.38. The Morgan fingerprint density at radius 1 is 1.00 bits per heavy atom. The maximum atomic E-state index is 12.3. The van der Waals surface area contributed by atoms with E-state index in [-0.39, 0.29) is 11.6 Å². The van der Waals surface area contributed by atoms with Gasteiger partial charge in [-0.15, -0.1) is 0 Å². The molecule has 0 N–H and O–H groups in total. The van der Waals surface area contributed by atoms with Crippen molar-refractivity contribution in [1.29, 1.82) is 0 Å². The van der Waals surface area contributed by atoms with Crippen LogP contribution in [-0.2, 0) is 0 Å². The molecule has 0 aliphatic heterocycles. The molecule has 0 aromatic carbocycles. The topological polar surface area (TPSA) is 47.0 Å². The van der Waals surface area contributed by atoms with E-state index in [1.807, 2.05) is 6.92 Å². The number of fused-ring (bicyclic) bond motifs is 2. The van der Waals surface area contributed by atoms with Gasteiger partial charge in [-0.1, -0.05) is 0 Å². The van der Waals surface area contributed by atoms with Gasteiger partial charge in [0.15, 0.2) is 11.6 Å². The molecule has 0 bridgehead atoms. The van der Waals surface area contributed by atoms with Gasteiger partial charge in [-0.2, -0.15) is 11.3 Å². The predicted molar refractivity (Wildman–Crippen MR) is 64.9 cm³/mol. The van der Waals surface area contributed by atoms with Crippen molar-refractivity contribution in [3.8, 4) is 0 Å². The fraction of sp³-hybridized carbons (Fsp3) is 0.154. The van der Waals surface area contributed by atoms with E-state index in [2.05, 4.69) is 4.98 Å². The summed E-state index contributed by atoms with van der Waals surface area (Å²) in [4.78, 5) is 28.8. The molecule has 2 aromatic heterocycles. The SMILES string of the molecule is Cc1cnc(C)c2c1C(=O)c1cscc1C2=O. The van der Waals surface area contributed by atoms with Crippen molar-refractivity contribution < 1.29 is 9.59 Å². The number of hydrogen-bond donors (Lipinski definition) is 0. The summed E-state index contributed by atoms with van der Waals surface area (Å²) in [5.74, 6) is -0.136. The van der Waals surface area contributed by atoms with Crippen molar-refractivity contribution >= 4 is 22.9 Å². The molecular formula is C13H9NO2S. The van der Waals surface area contributed by atoms with Crippen LogP contribution in [0.5, 0.6) is 0 Å². The molecule has 0 spiro atoms. The second kappa shape index (κ2) is 3.34. The summed E-state index contributed by atoms with van der Waals surface area (Å²) < 4.78 is 0. The molecule has 0 radical (unpaired) electrons. The van der Waals surface area contributed by atoms with Crippen LogP contribution in [-0.4, -0.2) is 16.6 Å². The first-order chi connectivity index (χ1) is 8.11. The van der Waals surface area contributed by atoms with Crippen molar-refractivity contribution in [3.05, 3.63) is 50.5 Å². The first-order valence-corrected chi connectivity index (χ1v) is 6.17. The summed E-state index contributed by atoms with van der Waals surface area (Å²) in [5, 5.41) is 3.48. The number of carbonyl (C=O) groups excluding carboxylic acids is 2. The number of thiophene rings is 1. The minimum atomic E-state index is -0.0791. The molecule has 0 fully saturated rings. The normalized spacial score (nSPS) is 13.5. The van der Waals surface area contributed by atoms with Crippen LogP contribution in [0.1, 0.15) is 43.1 Å². The largest absolute Gasteiger partial charge is 0.289 e. The van der Waals surface area contributed by atoms with Crippen LogP contribution in [0.2, 0.25) is 0 Å². The van der Waals surface area contributed by atoms with E-state index < -0.39 is 0 Å². The average molecular weight is 243 g/mol. The highest BCUT2D eigenvalue weighted by atomic mass is 32.1. The number of carbonyl (C=O) groups is 2. The second-order valence-corrected chi connectivity index (χ2v) is 4.88. The lowest BCUT2D eigenvalue weighted by Crippen LogP contribution is -2.22. The molecule has 4 heteroatoms. The minimum absolute atomic E-state index is 0.0566. The van der Waals surface area contributed by atoms with Crippen LogP contribution >= 0.6 is 11.3 Å². The molecule has 0 saturated carbocycles. The lowest BCUT2D eigenvalue weighted by Gasteiger charge is -2.17. The van der Waals surface area contributed by atoms with Gasteiger partial charge in [-0.05, 0) is 19.4 Å². The van der Waals surface area contributed by atoms with Gasteiger partial charge in [0.25, 0.3) is 0 Å². The quantitative estimate of drug-likeness (QED) is 0.609. The van der Waals surface area contributed by atoms with Crippen LogP contribution in [0, 0.1) is 13.8 Å². The molecule has 3 nitrogen and oxygen atoms in total. The highest BCUT2D eigenvalue weighted by molar-refractivity contribution is 7.08. The van der Waals surface area contributed by atoms with Gasteiger partial charge in [0.2, 0.25) is 0 Å². The molecule has 0 atom stereocenters. The van der Waals surface area contributed by atoms with Gasteiger partial charge in [0.05, 0.1) is 5.56 Å². The lowest BCUT2D eigenvalue weighted by molar-refractivity contribution is 0.0978. The fourth-order valence-electron chi connectivity index (χ4n) is 2.19. The molecule has 0 amide bonds. The Morgan fingerprint density at radius 2 is 1.59 bits per heavy atom. The molecule has 17 heavy (non-hydrogen) atoms. The summed E-state index contributed by atoms with van der Waals surface area (Å²) in [6, 6.07) is 0. The Hall–Kier alpha value is -1.81. The number of nitrogens with zero attached hydrogens (tertiary/aromatic N) is 1. The van der Waals surface area contributed by atoms with E-state index in [0.717, 1.165) is 5.56 Å². The van der Waals surface area contributed by atoms with Crippen molar-refractivity contribution in [2.75, 3.05) is 0 Å². The van der Waals surface area contributed by atoms with E-state index >= 15 is 0 Å². The maximum Gasteiger partial charge on any atom is 0.197 e. The van der Waals surface area contributed by atoms with Crippen molar-refractivity contribution in [2.24, 2.45) is 0 Å². The summed E-state index contributed by atoms with van der Waals surface area (Å²) in [6.07, 6.45) is 1.65. The first kappa shape index (κ1) is 10.4. The van der Waals surface area contributed by atoms with E-state index in [0.29, 0.717) is 27.9 Å². The standard InChI is InChI=1S/C13H9NO2S/c1-6-3-14-7(2)11-10(6)12(15)8-4-17-5-9(8)13(11)16/h3-5H,1-2H3. The van der Waals surface area contributed by atoms with E-state index in [1.165, 1.54) is 11.3 Å². The summed E-state index contributed by atoms with van der Waals surface area (Å²) in [5.41, 5.74) is 3.43. The van der Waals surface area contributed by atoms with Crippen LogP contribution in [0.15, 0.2) is 17.0 Å². The number of aromatic nitrogens is 1. The molecule has 3 rings (SSSR count). The number of pyridine rings is 1. The van der Waals surface area contributed by atoms with Gasteiger partial charge in [-0.25, -0.2) is 0 Å². The van der Waals surface area contributed by atoms with E-state index in [4.69, 9.17) is 0 Å². The smallest absolute Gasteiger partial charge is 0.197 e. The second-order valence-electron chi connectivity index (χ2n) is 4.13. The van der Waals surface area contributed by atoms with Gasteiger partial charge in [0, 0.05) is 39.3 Å². The third-order valence-electron chi connectivity index (χ3n) is 3.06. The van der Waals surface area contributed by atoms with Crippen LogP contribution in [0.3, 0.4) is 0 Å². The molecule has 2 heterocycles. The van der Waals surface area contributed by atoms with Gasteiger partial charge in [0.1, 0.15) is 0 Å². The highest BCUT2D eigenvalue weighted by Crippen LogP contribution is 2.32. The Morgan fingerprint density at radius 3 is 2.24 bits per heavy atom. The summed E-state index contributed by atoms with van der Waals surface area (Å²) in [6.45, 7) is 3.58. The molecule has 84 valence electrons. The zero-order chi connectivity index (χ0) is 12.2. The molecular weight excluding hydrogens is 234 g/mol. The fourth-order valence-corrected chi connectivity index (χ4v) is 3.00. The van der Waals surface area contributed by atoms with E-state index in [1.54, 1.807) is 23.9 Å². The Bertz CT molecular complexity index is 615. The monoisotopic (exact) mass is 243 g/mol. The Balaban J connectivity index is 2.42. The third-order valence-corrected chi connectivity index (χ3v) is 3.81. The maximum absolute atomic E-state index is 12.3. The van der Waals surface area contributed by atoms with Crippen molar-refractivity contribution in [2.45, 2.75) is 13.8 Å². The lowest BCUT2D eigenvalue weighted by atomic mass is 9.84. The van der Waals surface area contributed by atoms with Gasteiger partial charge < -0.3 is 0 Å². The predicted octanol–water partition coefficient (Wildman–Crippen LogP) is 2.54. The third kappa shape index (κ3) is 1.24. The molecule has 2 aromatic rings. The van der Waals surface area contributed by atoms with Crippen molar-refractivity contribution in [1.82, 2.24) is 4.98 Å². The number of ketones is 2. The molecule has 0 saturated heterocycles. The zero-order valence-corrected chi connectivity index (χ0v) is 10.2. The summed E-state index contributed by atoms with van der Waals surface area (Å²) in [7, 11) is 0. The Kier molecular flexibility index (Phi) is 2.03. The molecule has 1 aliphatic carbocycles. The van der Waals surface area contributed by atoms with Crippen LogP contribution in [0.4, 0.5) is 0 Å². The highest BCUT2D eigenvalue weighted by Gasteiger charge is 2.33. The number of aryl methyl sites for hydroxylation is 2. The van der Waals surface area contributed by atoms with Crippen LogP contribution < -0.4 is 0 Å². The van der Waals surface area contributed by atoms with Crippen LogP contribution in [0.25, 0.3) is 0 Å². The van der Waals surface area contributed by atoms with Gasteiger partial charge in [-0.3, -0.25) is 14.6 Å².